The van der Waals surface area contributed by atoms with Crippen molar-refractivity contribution in [2.75, 3.05) is 7.11 Å². The summed E-state index contributed by atoms with van der Waals surface area (Å²) >= 11 is 3.37. The number of benzene rings is 2. The van der Waals surface area contributed by atoms with E-state index in [2.05, 4.69) is 21.2 Å². The number of carbonyl (C=O) groups excluding carboxylic acids is 2. The van der Waals surface area contributed by atoms with Crippen molar-refractivity contribution in [1.82, 2.24) is 5.32 Å². The SMILES string of the molecule is COC(=O)[C@@H](Cc1ccc(Br)cc1)NC(=O)Cc1ccccc1. The molecule has 0 bridgehead atoms. The third-order valence-corrected chi connectivity index (χ3v) is 3.91. The molecule has 2 aromatic rings. The minimum atomic E-state index is -0.697. The first-order valence-electron chi connectivity index (χ1n) is 7.24. The summed E-state index contributed by atoms with van der Waals surface area (Å²) in [5.74, 6) is -0.655. The molecular weight excluding hydrogens is 358 g/mol. The average molecular weight is 376 g/mol. The first-order chi connectivity index (χ1) is 11.1. The summed E-state index contributed by atoms with van der Waals surface area (Å²) in [6.07, 6.45) is 0.620. The minimum absolute atomic E-state index is 0.205. The van der Waals surface area contributed by atoms with Gasteiger partial charge >= 0.3 is 5.97 Å². The molecule has 1 N–H and O–H groups in total. The fraction of sp³-hybridized carbons (Fsp3) is 0.222. The Hall–Kier alpha value is -2.14. The van der Waals surface area contributed by atoms with Crippen LogP contribution in [0.2, 0.25) is 0 Å². The maximum absolute atomic E-state index is 12.2. The lowest BCUT2D eigenvalue weighted by atomic mass is 10.1. The van der Waals surface area contributed by atoms with Crippen LogP contribution in [0.25, 0.3) is 0 Å². The van der Waals surface area contributed by atoms with Gasteiger partial charge in [-0.25, -0.2) is 4.79 Å². The molecule has 1 atom stereocenters. The zero-order valence-corrected chi connectivity index (χ0v) is 14.4. The Morgan fingerprint density at radius 2 is 1.70 bits per heavy atom. The molecule has 0 fully saturated rings. The molecular formula is C18H18BrNO3. The Morgan fingerprint density at radius 1 is 1.04 bits per heavy atom. The summed E-state index contributed by atoms with van der Waals surface area (Å²) in [6.45, 7) is 0. The van der Waals surface area contributed by atoms with Gasteiger partial charge in [-0.1, -0.05) is 58.4 Å². The van der Waals surface area contributed by atoms with Crippen LogP contribution < -0.4 is 5.32 Å². The van der Waals surface area contributed by atoms with Crippen LogP contribution in [-0.2, 0) is 27.2 Å². The van der Waals surface area contributed by atoms with Crippen LogP contribution in [0.5, 0.6) is 0 Å². The zero-order valence-electron chi connectivity index (χ0n) is 12.8. The predicted octanol–water partition coefficient (Wildman–Crippen LogP) is 2.89. The first-order valence-corrected chi connectivity index (χ1v) is 8.03. The number of nitrogens with one attached hydrogen (secondary N) is 1. The Balaban J connectivity index is 2.02. The highest BCUT2D eigenvalue weighted by Gasteiger charge is 2.22. The molecule has 0 aromatic heterocycles. The number of rotatable bonds is 6. The summed E-state index contributed by atoms with van der Waals surface area (Å²) in [5, 5.41) is 2.75. The highest BCUT2D eigenvalue weighted by molar-refractivity contribution is 9.10. The second kappa shape index (κ2) is 8.48. The van der Waals surface area contributed by atoms with Gasteiger partial charge in [-0.05, 0) is 23.3 Å². The second-order valence-electron chi connectivity index (χ2n) is 5.14. The second-order valence-corrected chi connectivity index (χ2v) is 6.05. The molecule has 23 heavy (non-hydrogen) atoms. The molecule has 0 heterocycles. The van der Waals surface area contributed by atoms with E-state index in [-0.39, 0.29) is 12.3 Å². The van der Waals surface area contributed by atoms with Crippen LogP contribution in [-0.4, -0.2) is 25.0 Å². The van der Waals surface area contributed by atoms with Crippen LogP contribution in [0, 0.1) is 0 Å². The van der Waals surface area contributed by atoms with E-state index in [0.717, 1.165) is 15.6 Å². The fourth-order valence-electron chi connectivity index (χ4n) is 2.22. The van der Waals surface area contributed by atoms with Crippen LogP contribution in [0.3, 0.4) is 0 Å². The van der Waals surface area contributed by atoms with Crippen molar-refractivity contribution in [3.63, 3.8) is 0 Å². The van der Waals surface area contributed by atoms with E-state index in [1.54, 1.807) is 0 Å². The molecule has 0 aliphatic carbocycles. The lowest BCUT2D eigenvalue weighted by molar-refractivity contribution is -0.145. The van der Waals surface area contributed by atoms with Gasteiger partial charge in [0.15, 0.2) is 0 Å². The summed E-state index contributed by atoms with van der Waals surface area (Å²) in [6, 6.07) is 16.3. The summed E-state index contributed by atoms with van der Waals surface area (Å²) in [5.41, 5.74) is 1.85. The maximum Gasteiger partial charge on any atom is 0.328 e. The van der Waals surface area contributed by atoms with Crippen molar-refractivity contribution in [2.24, 2.45) is 0 Å². The van der Waals surface area contributed by atoms with E-state index in [1.807, 2.05) is 54.6 Å². The molecule has 1 amide bonds. The number of halogens is 1. The number of esters is 1. The Labute approximate surface area is 144 Å². The van der Waals surface area contributed by atoms with E-state index in [1.165, 1.54) is 7.11 Å². The quantitative estimate of drug-likeness (QED) is 0.789. The lowest BCUT2D eigenvalue weighted by Gasteiger charge is -2.16. The zero-order chi connectivity index (χ0) is 16.7. The van der Waals surface area contributed by atoms with Crippen LogP contribution in [0.1, 0.15) is 11.1 Å². The molecule has 0 saturated carbocycles. The number of ether oxygens (including phenoxy) is 1. The lowest BCUT2D eigenvalue weighted by Crippen LogP contribution is -2.43. The van der Waals surface area contributed by atoms with Gasteiger partial charge in [-0.2, -0.15) is 0 Å². The smallest absolute Gasteiger partial charge is 0.328 e. The molecule has 0 radical (unpaired) electrons. The topological polar surface area (TPSA) is 55.4 Å². The molecule has 2 rings (SSSR count). The number of hydrogen-bond donors (Lipinski definition) is 1. The van der Waals surface area contributed by atoms with E-state index >= 15 is 0 Å². The highest BCUT2D eigenvalue weighted by atomic mass is 79.9. The molecule has 4 nitrogen and oxygen atoms in total. The van der Waals surface area contributed by atoms with Gasteiger partial charge in [0.05, 0.1) is 13.5 Å². The van der Waals surface area contributed by atoms with Crippen LogP contribution >= 0.6 is 15.9 Å². The van der Waals surface area contributed by atoms with Crippen molar-refractivity contribution in [1.29, 1.82) is 0 Å². The minimum Gasteiger partial charge on any atom is -0.467 e. The number of carbonyl (C=O) groups is 2. The maximum atomic E-state index is 12.2. The molecule has 0 aliphatic rings. The van der Waals surface area contributed by atoms with Gasteiger partial charge in [0.2, 0.25) is 5.91 Å². The van der Waals surface area contributed by atoms with Gasteiger partial charge in [-0.15, -0.1) is 0 Å². The third kappa shape index (κ3) is 5.53. The van der Waals surface area contributed by atoms with E-state index in [4.69, 9.17) is 4.74 Å². The van der Waals surface area contributed by atoms with Gasteiger partial charge in [-0.3, -0.25) is 4.79 Å². The Morgan fingerprint density at radius 3 is 2.30 bits per heavy atom. The van der Waals surface area contributed by atoms with Crippen LogP contribution in [0.4, 0.5) is 0 Å². The van der Waals surface area contributed by atoms with Crippen molar-refractivity contribution in [3.05, 3.63) is 70.2 Å². The van der Waals surface area contributed by atoms with Crippen molar-refractivity contribution < 1.29 is 14.3 Å². The number of amides is 1. The monoisotopic (exact) mass is 375 g/mol. The Bertz CT molecular complexity index is 656. The predicted molar refractivity (Wildman–Crippen MR) is 91.9 cm³/mol. The molecule has 0 aliphatic heterocycles. The van der Waals surface area contributed by atoms with Gasteiger partial charge in [0.25, 0.3) is 0 Å². The summed E-state index contributed by atoms with van der Waals surface area (Å²) in [7, 11) is 1.32. The van der Waals surface area contributed by atoms with E-state index in [0.29, 0.717) is 6.42 Å². The summed E-state index contributed by atoms with van der Waals surface area (Å²) < 4.78 is 5.76. The third-order valence-electron chi connectivity index (χ3n) is 3.38. The molecule has 0 saturated heterocycles. The molecule has 120 valence electrons. The van der Waals surface area contributed by atoms with Crippen molar-refractivity contribution >= 4 is 27.8 Å². The largest absolute Gasteiger partial charge is 0.467 e. The van der Waals surface area contributed by atoms with Gasteiger partial charge < -0.3 is 10.1 Å². The van der Waals surface area contributed by atoms with E-state index in [9.17, 15) is 9.59 Å². The van der Waals surface area contributed by atoms with Gasteiger partial charge in [0, 0.05) is 10.9 Å². The molecule has 5 heteroatoms. The highest BCUT2D eigenvalue weighted by Crippen LogP contribution is 2.12. The van der Waals surface area contributed by atoms with Crippen molar-refractivity contribution in [2.45, 2.75) is 18.9 Å². The van der Waals surface area contributed by atoms with E-state index < -0.39 is 12.0 Å². The Kier molecular flexibility index (Phi) is 6.35. The molecule has 0 unspecified atom stereocenters. The standard InChI is InChI=1S/C18H18BrNO3/c1-23-18(22)16(11-14-7-9-15(19)10-8-14)20-17(21)12-13-5-3-2-4-6-13/h2-10,16H,11-12H2,1H3,(H,20,21)/t16-/m1/s1. The molecule has 2 aromatic carbocycles. The number of hydrogen-bond acceptors (Lipinski definition) is 3. The van der Waals surface area contributed by atoms with Crippen LogP contribution in [0.15, 0.2) is 59.1 Å². The molecule has 0 spiro atoms. The van der Waals surface area contributed by atoms with Gasteiger partial charge in [0.1, 0.15) is 6.04 Å². The first kappa shape index (κ1) is 17.2. The summed E-state index contributed by atoms with van der Waals surface area (Å²) in [4.78, 5) is 24.1. The number of methoxy groups -OCH3 is 1. The average Bonchev–Trinajstić information content (AvgIpc) is 2.56. The normalized spacial score (nSPS) is 11.6. The fourth-order valence-corrected chi connectivity index (χ4v) is 2.48. The van der Waals surface area contributed by atoms with Crippen molar-refractivity contribution in [3.8, 4) is 0 Å².